The highest BCUT2D eigenvalue weighted by atomic mass is 79.9. The number of nitrogens with zero attached hydrogens (tertiary/aromatic N) is 2. The highest BCUT2D eigenvalue weighted by molar-refractivity contribution is 9.10. The Labute approximate surface area is 121 Å². The predicted octanol–water partition coefficient (Wildman–Crippen LogP) is 3.24. The van der Waals surface area contributed by atoms with E-state index in [1.807, 2.05) is 32.2 Å². The number of ketones is 1. The van der Waals surface area contributed by atoms with Crippen LogP contribution in [0.3, 0.4) is 0 Å². The molecule has 0 fully saturated rings. The molecule has 1 aromatic heterocycles. The molecule has 0 bridgehead atoms. The number of aryl methyl sites for hydroxylation is 3. The molecule has 0 amide bonds. The topological polar surface area (TPSA) is 34.9 Å². The first-order valence-electron chi connectivity index (χ1n) is 6.31. The molecule has 0 atom stereocenters. The summed E-state index contributed by atoms with van der Waals surface area (Å²) in [5.41, 5.74) is 3.08. The zero-order valence-corrected chi connectivity index (χ0v) is 12.8. The molecule has 1 heterocycles. The molecule has 1 aromatic carbocycles. The third kappa shape index (κ3) is 3.53. The van der Waals surface area contributed by atoms with Gasteiger partial charge in [0.2, 0.25) is 0 Å². The minimum atomic E-state index is 0.243. The van der Waals surface area contributed by atoms with Crippen LogP contribution in [0.4, 0.5) is 0 Å². The minimum Gasteiger partial charge on any atom is -0.299 e. The number of rotatable bonds is 5. The molecule has 0 spiro atoms. The molecule has 0 N–H and O–H groups in total. The Morgan fingerprint density at radius 3 is 2.58 bits per heavy atom. The second-order valence-electron chi connectivity index (χ2n) is 4.67. The number of aromatic nitrogens is 2. The van der Waals surface area contributed by atoms with Crippen molar-refractivity contribution < 1.29 is 4.79 Å². The first-order chi connectivity index (χ1) is 9.08. The number of benzene rings is 1. The van der Waals surface area contributed by atoms with Crippen molar-refractivity contribution in [1.29, 1.82) is 0 Å². The molecule has 100 valence electrons. The number of halogens is 1. The fourth-order valence-electron chi connectivity index (χ4n) is 2.08. The van der Waals surface area contributed by atoms with E-state index in [9.17, 15) is 4.79 Å². The molecular formula is C15H17BrN2O. The third-order valence-electron chi connectivity index (χ3n) is 3.16. The normalized spacial score (nSPS) is 10.7. The van der Waals surface area contributed by atoms with Gasteiger partial charge < -0.3 is 0 Å². The van der Waals surface area contributed by atoms with E-state index in [0.717, 1.165) is 22.3 Å². The van der Waals surface area contributed by atoms with Gasteiger partial charge in [-0.15, -0.1) is 0 Å². The smallest absolute Gasteiger partial charge is 0.139 e. The van der Waals surface area contributed by atoms with Crippen LogP contribution in [0.5, 0.6) is 0 Å². The van der Waals surface area contributed by atoms with Gasteiger partial charge in [-0.3, -0.25) is 9.48 Å². The molecule has 0 radical (unpaired) electrons. The quantitative estimate of drug-likeness (QED) is 0.847. The number of hydrogen-bond acceptors (Lipinski definition) is 2. The number of carbonyl (C=O) groups is 1. The van der Waals surface area contributed by atoms with E-state index >= 15 is 0 Å². The molecule has 3 nitrogen and oxygen atoms in total. The lowest BCUT2D eigenvalue weighted by Crippen LogP contribution is -2.08. The summed E-state index contributed by atoms with van der Waals surface area (Å²) in [6, 6.07) is 10.1. The summed E-state index contributed by atoms with van der Waals surface area (Å²) in [7, 11) is 1.87. The number of carbonyl (C=O) groups excluding carboxylic acids is 1. The van der Waals surface area contributed by atoms with E-state index in [-0.39, 0.29) is 5.78 Å². The van der Waals surface area contributed by atoms with Crippen LogP contribution in [0.1, 0.15) is 23.4 Å². The third-order valence-corrected chi connectivity index (χ3v) is 4.19. The highest BCUT2D eigenvalue weighted by Gasteiger charge is 2.14. The lowest BCUT2D eigenvalue weighted by Gasteiger charge is -2.03. The van der Waals surface area contributed by atoms with Gasteiger partial charge >= 0.3 is 0 Å². The van der Waals surface area contributed by atoms with Crippen molar-refractivity contribution in [1.82, 2.24) is 9.78 Å². The molecule has 19 heavy (non-hydrogen) atoms. The Morgan fingerprint density at radius 2 is 2.00 bits per heavy atom. The Balaban J connectivity index is 1.95. The molecule has 4 heteroatoms. The average Bonchev–Trinajstić information content (AvgIpc) is 2.64. The second-order valence-corrected chi connectivity index (χ2v) is 5.46. The van der Waals surface area contributed by atoms with Crippen molar-refractivity contribution in [2.75, 3.05) is 0 Å². The summed E-state index contributed by atoms with van der Waals surface area (Å²) in [5, 5.41) is 4.30. The highest BCUT2D eigenvalue weighted by Crippen LogP contribution is 2.21. The van der Waals surface area contributed by atoms with Gasteiger partial charge in [-0.25, -0.2) is 0 Å². The summed E-state index contributed by atoms with van der Waals surface area (Å²) >= 11 is 3.49. The fourth-order valence-corrected chi connectivity index (χ4v) is 2.55. The van der Waals surface area contributed by atoms with Crippen molar-refractivity contribution in [3.8, 4) is 0 Å². The van der Waals surface area contributed by atoms with Gasteiger partial charge in [0.05, 0.1) is 15.9 Å². The molecule has 0 aliphatic heterocycles. The van der Waals surface area contributed by atoms with Crippen molar-refractivity contribution in [2.24, 2.45) is 7.05 Å². The maximum atomic E-state index is 12.0. The van der Waals surface area contributed by atoms with Crippen molar-refractivity contribution >= 4 is 21.7 Å². The zero-order valence-electron chi connectivity index (χ0n) is 11.2. The van der Waals surface area contributed by atoms with E-state index in [1.54, 1.807) is 4.68 Å². The van der Waals surface area contributed by atoms with Gasteiger partial charge in [-0.2, -0.15) is 5.10 Å². The van der Waals surface area contributed by atoms with Gasteiger partial charge in [-0.05, 0) is 34.8 Å². The monoisotopic (exact) mass is 320 g/mol. The Morgan fingerprint density at radius 1 is 1.32 bits per heavy atom. The van der Waals surface area contributed by atoms with Crippen LogP contribution in [-0.4, -0.2) is 15.6 Å². The second kappa shape index (κ2) is 6.15. The van der Waals surface area contributed by atoms with E-state index in [0.29, 0.717) is 12.8 Å². The maximum absolute atomic E-state index is 12.0. The van der Waals surface area contributed by atoms with Crippen LogP contribution in [0.25, 0.3) is 0 Å². The zero-order chi connectivity index (χ0) is 13.8. The van der Waals surface area contributed by atoms with Crippen LogP contribution in [-0.2, 0) is 24.7 Å². The lowest BCUT2D eigenvalue weighted by atomic mass is 10.1. The van der Waals surface area contributed by atoms with Crippen LogP contribution in [0, 0.1) is 6.92 Å². The summed E-state index contributed by atoms with van der Waals surface area (Å²) in [6.45, 7) is 1.93. The molecule has 0 saturated heterocycles. The van der Waals surface area contributed by atoms with Crippen LogP contribution >= 0.6 is 15.9 Å². The van der Waals surface area contributed by atoms with Crippen molar-refractivity contribution in [2.45, 2.75) is 26.2 Å². The van der Waals surface area contributed by atoms with Gasteiger partial charge in [0, 0.05) is 19.9 Å². The fraction of sp³-hybridized carbons (Fsp3) is 0.333. The molecule has 0 aliphatic rings. The first-order valence-corrected chi connectivity index (χ1v) is 7.11. The first kappa shape index (κ1) is 14.0. The predicted molar refractivity (Wildman–Crippen MR) is 79.1 cm³/mol. The number of hydrogen-bond donors (Lipinski definition) is 0. The Kier molecular flexibility index (Phi) is 4.53. The van der Waals surface area contributed by atoms with Crippen LogP contribution in [0.15, 0.2) is 34.8 Å². The minimum absolute atomic E-state index is 0.243. The number of Topliss-reactive ketones (excluding diaryl/α,β-unsaturated/α-hetero) is 1. The van der Waals surface area contributed by atoms with Crippen molar-refractivity contribution in [3.63, 3.8) is 0 Å². The Bertz CT molecular complexity index is 575. The molecule has 0 aliphatic carbocycles. The summed E-state index contributed by atoms with van der Waals surface area (Å²) in [4.78, 5) is 12.0. The standard InChI is InChI=1S/C15H17BrN2O/c1-11-15(16)14(18(2)17-11)10-13(19)9-8-12-6-4-3-5-7-12/h3-7H,8-10H2,1-2H3. The van der Waals surface area contributed by atoms with E-state index < -0.39 is 0 Å². The maximum Gasteiger partial charge on any atom is 0.139 e. The van der Waals surface area contributed by atoms with E-state index in [4.69, 9.17) is 0 Å². The van der Waals surface area contributed by atoms with E-state index in [1.165, 1.54) is 5.56 Å². The largest absolute Gasteiger partial charge is 0.299 e. The van der Waals surface area contributed by atoms with Crippen LogP contribution < -0.4 is 0 Å². The van der Waals surface area contributed by atoms with E-state index in [2.05, 4.69) is 33.2 Å². The average molecular weight is 321 g/mol. The summed E-state index contributed by atoms with van der Waals surface area (Å²) in [6.07, 6.45) is 1.81. The van der Waals surface area contributed by atoms with Gasteiger partial charge in [-0.1, -0.05) is 30.3 Å². The SMILES string of the molecule is Cc1nn(C)c(CC(=O)CCc2ccccc2)c1Br. The Hall–Kier alpha value is -1.42. The van der Waals surface area contributed by atoms with Crippen molar-refractivity contribution in [3.05, 3.63) is 51.8 Å². The molecule has 0 saturated carbocycles. The van der Waals surface area contributed by atoms with Gasteiger partial charge in [0.1, 0.15) is 5.78 Å². The molecule has 0 unspecified atom stereocenters. The summed E-state index contributed by atoms with van der Waals surface area (Å²) in [5.74, 6) is 0.243. The van der Waals surface area contributed by atoms with Gasteiger partial charge in [0.15, 0.2) is 0 Å². The van der Waals surface area contributed by atoms with Crippen LogP contribution in [0.2, 0.25) is 0 Å². The molecule has 2 aromatic rings. The molecule has 2 rings (SSSR count). The van der Waals surface area contributed by atoms with Gasteiger partial charge in [0.25, 0.3) is 0 Å². The summed E-state index contributed by atoms with van der Waals surface area (Å²) < 4.78 is 2.72. The molecular weight excluding hydrogens is 304 g/mol. The lowest BCUT2D eigenvalue weighted by molar-refractivity contribution is -0.118.